The average molecular weight is 285 g/mol. The standard InChI is InChI=1S/C18H23NO2/c1-5-14-6-8-15(9-7-14)16-10-12-19(13-11-16)17(20)21-18(2,3)4/h1,6-9,16H,10-13H2,2-4H3. The van der Waals surface area contributed by atoms with Crippen LogP contribution in [0.1, 0.15) is 50.7 Å². The van der Waals surface area contributed by atoms with Crippen LogP contribution >= 0.6 is 0 Å². The highest BCUT2D eigenvalue weighted by Crippen LogP contribution is 2.28. The van der Waals surface area contributed by atoms with E-state index in [4.69, 9.17) is 11.2 Å². The minimum absolute atomic E-state index is 0.205. The first-order valence-electron chi connectivity index (χ1n) is 7.43. The third-order valence-corrected chi connectivity index (χ3v) is 3.70. The molecule has 1 amide bonds. The van der Waals surface area contributed by atoms with Crippen molar-refractivity contribution < 1.29 is 9.53 Å². The first-order valence-corrected chi connectivity index (χ1v) is 7.43. The molecular formula is C18H23NO2. The molecule has 1 saturated heterocycles. The lowest BCUT2D eigenvalue weighted by Gasteiger charge is -2.33. The van der Waals surface area contributed by atoms with Gasteiger partial charge < -0.3 is 9.64 Å². The van der Waals surface area contributed by atoms with Gasteiger partial charge in [-0.3, -0.25) is 0 Å². The molecule has 1 aromatic rings. The Balaban J connectivity index is 1.91. The third-order valence-electron chi connectivity index (χ3n) is 3.70. The zero-order valence-electron chi connectivity index (χ0n) is 13.1. The van der Waals surface area contributed by atoms with E-state index in [1.54, 1.807) is 4.90 Å². The molecule has 0 atom stereocenters. The lowest BCUT2D eigenvalue weighted by Crippen LogP contribution is -2.41. The van der Waals surface area contributed by atoms with Crippen molar-refractivity contribution >= 4 is 6.09 Å². The summed E-state index contributed by atoms with van der Waals surface area (Å²) in [4.78, 5) is 13.8. The predicted molar refractivity (Wildman–Crippen MR) is 84.2 cm³/mol. The van der Waals surface area contributed by atoms with Crippen molar-refractivity contribution in [1.82, 2.24) is 4.90 Å². The van der Waals surface area contributed by atoms with Gasteiger partial charge in [0.25, 0.3) is 0 Å². The second-order valence-electron chi connectivity index (χ2n) is 6.51. The Morgan fingerprint density at radius 1 is 1.24 bits per heavy atom. The van der Waals surface area contributed by atoms with Gasteiger partial charge in [-0.05, 0) is 57.2 Å². The summed E-state index contributed by atoms with van der Waals surface area (Å²) >= 11 is 0. The maximum atomic E-state index is 12.0. The summed E-state index contributed by atoms with van der Waals surface area (Å²) in [6.45, 7) is 7.17. The zero-order valence-corrected chi connectivity index (χ0v) is 13.1. The third kappa shape index (κ3) is 4.26. The Bertz CT molecular complexity index is 526. The van der Waals surface area contributed by atoms with Crippen molar-refractivity contribution in [3.8, 4) is 12.3 Å². The monoisotopic (exact) mass is 285 g/mol. The van der Waals surface area contributed by atoms with Gasteiger partial charge in [0.1, 0.15) is 5.60 Å². The number of hydrogen-bond donors (Lipinski definition) is 0. The first kappa shape index (κ1) is 15.4. The molecule has 1 aromatic carbocycles. The van der Waals surface area contributed by atoms with Crippen molar-refractivity contribution in [2.24, 2.45) is 0 Å². The molecule has 3 nitrogen and oxygen atoms in total. The molecule has 0 saturated carbocycles. The quantitative estimate of drug-likeness (QED) is 0.735. The summed E-state index contributed by atoms with van der Waals surface area (Å²) in [5, 5.41) is 0. The van der Waals surface area contributed by atoms with Crippen molar-refractivity contribution in [2.75, 3.05) is 13.1 Å². The minimum atomic E-state index is -0.432. The predicted octanol–water partition coefficient (Wildman–Crippen LogP) is 3.78. The minimum Gasteiger partial charge on any atom is -0.444 e. The summed E-state index contributed by atoms with van der Waals surface area (Å²) in [5.41, 5.74) is 1.78. The molecule has 112 valence electrons. The van der Waals surface area contributed by atoms with E-state index >= 15 is 0 Å². The Morgan fingerprint density at radius 3 is 2.29 bits per heavy atom. The van der Waals surface area contributed by atoms with E-state index in [1.165, 1.54) is 5.56 Å². The number of piperidine rings is 1. The Labute approximate surface area is 127 Å². The number of ether oxygens (including phenoxy) is 1. The van der Waals surface area contributed by atoms with Crippen LogP contribution < -0.4 is 0 Å². The highest BCUT2D eigenvalue weighted by molar-refractivity contribution is 5.68. The van der Waals surface area contributed by atoms with Gasteiger partial charge in [-0.2, -0.15) is 0 Å². The molecule has 0 unspecified atom stereocenters. The SMILES string of the molecule is C#Cc1ccc(C2CCN(C(=O)OC(C)(C)C)CC2)cc1. The van der Waals surface area contributed by atoms with E-state index in [-0.39, 0.29) is 6.09 Å². The van der Waals surface area contributed by atoms with Crippen molar-refractivity contribution in [3.63, 3.8) is 0 Å². The van der Waals surface area contributed by atoms with Gasteiger partial charge in [0.2, 0.25) is 0 Å². The van der Waals surface area contributed by atoms with Crippen LogP contribution in [0.4, 0.5) is 4.79 Å². The second kappa shape index (κ2) is 6.22. The van der Waals surface area contributed by atoms with E-state index in [0.717, 1.165) is 31.5 Å². The second-order valence-corrected chi connectivity index (χ2v) is 6.51. The maximum Gasteiger partial charge on any atom is 0.410 e. The van der Waals surface area contributed by atoms with Crippen LogP contribution in [-0.2, 0) is 4.74 Å². The molecule has 1 heterocycles. The van der Waals surface area contributed by atoms with Crippen molar-refractivity contribution in [2.45, 2.75) is 45.1 Å². The molecule has 0 radical (unpaired) electrons. The number of benzene rings is 1. The lowest BCUT2D eigenvalue weighted by atomic mass is 9.89. The van der Waals surface area contributed by atoms with Crippen LogP contribution in [0.15, 0.2) is 24.3 Å². The molecule has 0 spiro atoms. The normalized spacial score (nSPS) is 16.4. The fraction of sp³-hybridized carbons (Fsp3) is 0.500. The van der Waals surface area contributed by atoms with E-state index < -0.39 is 5.60 Å². The number of likely N-dealkylation sites (tertiary alicyclic amines) is 1. The van der Waals surface area contributed by atoms with Crippen LogP contribution in [-0.4, -0.2) is 29.7 Å². The summed E-state index contributed by atoms with van der Waals surface area (Å²) in [6, 6.07) is 8.16. The molecule has 1 fully saturated rings. The molecule has 0 aromatic heterocycles. The maximum absolute atomic E-state index is 12.0. The number of hydrogen-bond acceptors (Lipinski definition) is 2. The number of carbonyl (C=O) groups is 1. The average Bonchev–Trinajstić information content (AvgIpc) is 2.46. The van der Waals surface area contributed by atoms with Gasteiger partial charge in [0, 0.05) is 18.7 Å². The van der Waals surface area contributed by atoms with Gasteiger partial charge in [0.15, 0.2) is 0 Å². The fourth-order valence-corrected chi connectivity index (χ4v) is 2.57. The Hall–Kier alpha value is -1.95. The van der Waals surface area contributed by atoms with E-state index in [0.29, 0.717) is 5.92 Å². The van der Waals surface area contributed by atoms with Gasteiger partial charge in [0.05, 0.1) is 0 Å². The molecule has 21 heavy (non-hydrogen) atoms. The molecule has 0 aliphatic carbocycles. The molecule has 2 rings (SSSR count). The smallest absolute Gasteiger partial charge is 0.410 e. The van der Waals surface area contributed by atoms with Gasteiger partial charge in [-0.25, -0.2) is 4.79 Å². The van der Waals surface area contributed by atoms with Crippen LogP contribution in [0.2, 0.25) is 0 Å². The topological polar surface area (TPSA) is 29.5 Å². The summed E-state index contributed by atoms with van der Waals surface area (Å²) in [7, 11) is 0. The number of rotatable bonds is 1. The molecular weight excluding hydrogens is 262 g/mol. The van der Waals surface area contributed by atoms with E-state index in [9.17, 15) is 4.79 Å². The van der Waals surface area contributed by atoms with Crippen molar-refractivity contribution in [3.05, 3.63) is 35.4 Å². The highest BCUT2D eigenvalue weighted by atomic mass is 16.6. The number of carbonyl (C=O) groups excluding carboxylic acids is 1. The molecule has 0 N–H and O–H groups in total. The van der Waals surface area contributed by atoms with Crippen molar-refractivity contribution in [1.29, 1.82) is 0 Å². The fourth-order valence-electron chi connectivity index (χ4n) is 2.57. The molecule has 1 aliphatic heterocycles. The van der Waals surface area contributed by atoms with Crippen LogP contribution in [0.25, 0.3) is 0 Å². The summed E-state index contributed by atoms with van der Waals surface area (Å²) in [5.74, 6) is 3.13. The largest absolute Gasteiger partial charge is 0.444 e. The van der Waals surface area contributed by atoms with Crippen LogP contribution in [0.3, 0.4) is 0 Å². The Kier molecular flexibility index (Phi) is 4.57. The van der Waals surface area contributed by atoms with Gasteiger partial charge in [-0.15, -0.1) is 6.42 Å². The number of nitrogens with zero attached hydrogens (tertiary/aromatic N) is 1. The van der Waals surface area contributed by atoms with Crippen LogP contribution in [0.5, 0.6) is 0 Å². The highest BCUT2D eigenvalue weighted by Gasteiger charge is 2.27. The Morgan fingerprint density at radius 2 is 1.81 bits per heavy atom. The summed E-state index contributed by atoms with van der Waals surface area (Å²) < 4.78 is 5.41. The zero-order chi connectivity index (χ0) is 15.5. The lowest BCUT2D eigenvalue weighted by molar-refractivity contribution is 0.0205. The van der Waals surface area contributed by atoms with E-state index in [1.807, 2.05) is 32.9 Å². The molecule has 1 aliphatic rings. The first-order chi connectivity index (χ1) is 9.89. The van der Waals surface area contributed by atoms with Gasteiger partial charge in [-0.1, -0.05) is 18.1 Å². The number of terminal acetylenes is 1. The van der Waals surface area contributed by atoms with E-state index in [2.05, 4.69) is 18.1 Å². The molecule has 0 bridgehead atoms. The number of amides is 1. The van der Waals surface area contributed by atoms with Crippen LogP contribution in [0, 0.1) is 12.3 Å². The molecule has 3 heteroatoms. The summed E-state index contributed by atoms with van der Waals surface area (Å²) in [6.07, 6.45) is 7.10. The van der Waals surface area contributed by atoms with Gasteiger partial charge >= 0.3 is 6.09 Å².